The zero-order valence-corrected chi connectivity index (χ0v) is 21.1. The molecule has 1 fully saturated rings. The highest BCUT2D eigenvalue weighted by atomic mass is 19.3. The second-order valence-electron chi connectivity index (χ2n) is 10.7. The van der Waals surface area contributed by atoms with E-state index in [1.165, 1.54) is 12.8 Å². The van der Waals surface area contributed by atoms with Crippen LogP contribution in [0.25, 0.3) is 10.9 Å². The third-order valence-corrected chi connectivity index (χ3v) is 8.02. The summed E-state index contributed by atoms with van der Waals surface area (Å²) < 4.78 is 28.9. The van der Waals surface area contributed by atoms with Gasteiger partial charge in [0.1, 0.15) is 6.61 Å². The average Bonchev–Trinajstić information content (AvgIpc) is 3.21. The van der Waals surface area contributed by atoms with Crippen molar-refractivity contribution in [2.45, 2.75) is 57.2 Å². The fourth-order valence-corrected chi connectivity index (χ4v) is 5.95. The second kappa shape index (κ2) is 10.2. The molecule has 0 amide bonds. The van der Waals surface area contributed by atoms with Crippen molar-refractivity contribution in [1.82, 2.24) is 14.8 Å². The maximum atomic E-state index is 14.5. The van der Waals surface area contributed by atoms with E-state index in [4.69, 9.17) is 0 Å². The molecule has 194 valence electrons. The highest BCUT2D eigenvalue weighted by Crippen LogP contribution is 2.42. The smallest absolute Gasteiger partial charge is 0.283 e. The van der Waals surface area contributed by atoms with Gasteiger partial charge in [-0.25, -0.2) is 8.78 Å². The van der Waals surface area contributed by atoms with Crippen molar-refractivity contribution in [3.8, 4) is 0 Å². The SMILES string of the molecule is CCCCN1CC(C(O)c2ccc([C@@H]3c4[nH]c5ccccc5c4C[C@@H](C)N3CC(F)(F)CO)cc2)C1. The van der Waals surface area contributed by atoms with Crippen LogP contribution < -0.4 is 0 Å². The second-order valence-corrected chi connectivity index (χ2v) is 10.7. The van der Waals surface area contributed by atoms with E-state index in [1.807, 2.05) is 49.4 Å². The van der Waals surface area contributed by atoms with Crippen molar-refractivity contribution < 1.29 is 19.0 Å². The Balaban J connectivity index is 1.44. The van der Waals surface area contributed by atoms with Crippen molar-refractivity contribution in [2.75, 3.05) is 32.8 Å². The number of aromatic amines is 1. The van der Waals surface area contributed by atoms with Crippen LogP contribution in [0.2, 0.25) is 0 Å². The number of hydrogen-bond donors (Lipinski definition) is 3. The number of nitrogens with one attached hydrogen (secondary N) is 1. The summed E-state index contributed by atoms with van der Waals surface area (Å²) in [5.74, 6) is -2.97. The Labute approximate surface area is 211 Å². The number of nitrogens with zero attached hydrogens (tertiary/aromatic N) is 2. The molecule has 3 atom stereocenters. The summed E-state index contributed by atoms with van der Waals surface area (Å²) in [6, 6.07) is 15.4. The number of aliphatic hydroxyl groups is 2. The number of benzene rings is 2. The van der Waals surface area contributed by atoms with E-state index < -0.39 is 31.2 Å². The highest BCUT2D eigenvalue weighted by molar-refractivity contribution is 5.85. The van der Waals surface area contributed by atoms with Gasteiger partial charge in [0.25, 0.3) is 5.92 Å². The third-order valence-electron chi connectivity index (χ3n) is 8.02. The van der Waals surface area contributed by atoms with Gasteiger partial charge < -0.3 is 20.1 Å². The Kier molecular flexibility index (Phi) is 7.18. The van der Waals surface area contributed by atoms with Gasteiger partial charge in [-0.1, -0.05) is 55.8 Å². The lowest BCUT2D eigenvalue weighted by molar-refractivity contribution is -0.0864. The van der Waals surface area contributed by atoms with Crippen molar-refractivity contribution in [3.63, 3.8) is 0 Å². The average molecular weight is 498 g/mol. The van der Waals surface area contributed by atoms with Gasteiger partial charge in [-0.3, -0.25) is 4.90 Å². The van der Waals surface area contributed by atoms with Gasteiger partial charge >= 0.3 is 0 Å². The molecule has 2 aliphatic rings. The summed E-state index contributed by atoms with van der Waals surface area (Å²) in [5, 5.41) is 21.4. The fourth-order valence-electron chi connectivity index (χ4n) is 5.95. The molecule has 3 heterocycles. The molecule has 1 saturated heterocycles. The minimum atomic E-state index is -3.19. The van der Waals surface area contributed by atoms with Crippen LogP contribution in [0.5, 0.6) is 0 Å². The number of alkyl halides is 2. The number of H-pyrrole nitrogens is 1. The first-order valence-electron chi connectivity index (χ1n) is 13.2. The van der Waals surface area contributed by atoms with Crippen LogP contribution in [0.1, 0.15) is 61.2 Å². The van der Waals surface area contributed by atoms with E-state index >= 15 is 0 Å². The number of aliphatic hydroxyl groups excluding tert-OH is 2. The van der Waals surface area contributed by atoms with Crippen LogP contribution in [0.3, 0.4) is 0 Å². The Morgan fingerprint density at radius 2 is 1.83 bits per heavy atom. The van der Waals surface area contributed by atoms with Crippen LogP contribution in [-0.4, -0.2) is 69.7 Å². The molecular weight excluding hydrogens is 460 g/mol. The summed E-state index contributed by atoms with van der Waals surface area (Å²) >= 11 is 0. The van der Waals surface area contributed by atoms with Crippen LogP contribution >= 0.6 is 0 Å². The molecular formula is C29H37F2N3O2. The molecule has 0 aliphatic carbocycles. The predicted molar refractivity (Wildman–Crippen MR) is 138 cm³/mol. The molecule has 36 heavy (non-hydrogen) atoms. The number of fused-ring (bicyclic) bond motifs is 3. The summed E-state index contributed by atoms with van der Waals surface area (Å²) in [4.78, 5) is 7.69. The zero-order chi connectivity index (χ0) is 25.4. The molecule has 0 saturated carbocycles. The molecule has 1 unspecified atom stereocenters. The highest BCUT2D eigenvalue weighted by Gasteiger charge is 2.41. The maximum absolute atomic E-state index is 14.5. The fraction of sp³-hybridized carbons (Fsp3) is 0.517. The monoisotopic (exact) mass is 497 g/mol. The van der Waals surface area contributed by atoms with E-state index in [1.54, 1.807) is 4.90 Å². The molecule has 2 aromatic carbocycles. The van der Waals surface area contributed by atoms with Crippen LogP contribution in [0.15, 0.2) is 48.5 Å². The minimum absolute atomic E-state index is 0.131. The summed E-state index contributed by atoms with van der Waals surface area (Å²) in [6.07, 6.45) is 2.48. The first-order chi connectivity index (χ1) is 17.3. The van der Waals surface area contributed by atoms with E-state index in [0.29, 0.717) is 6.42 Å². The number of hydrogen-bond acceptors (Lipinski definition) is 4. The molecule has 7 heteroatoms. The number of halogens is 2. The van der Waals surface area contributed by atoms with E-state index in [0.717, 1.165) is 52.9 Å². The van der Waals surface area contributed by atoms with Gasteiger partial charge in [0, 0.05) is 41.6 Å². The number of rotatable bonds is 9. The van der Waals surface area contributed by atoms with Gasteiger partial charge in [-0.15, -0.1) is 0 Å². The molecule has 3 N–H and O–H groups in total. The maximum Gasteiger partial charge on any atom is 0.283 e. The molecule has 3 aromatic rings. The first-order valence-corrected chi connectivity index (χ1v) is 13.2. The lowest BCUT2D eigenvalue weighted by atomic mass is 9.86. The standard InChI is InChI=1S/C29H37F2N3O2/c1-3-4-13-33-15-22(16-33)28(36)21-11-9-20(10-12-21)27-26-24(23-7-5-6-8-25(23)32-26)14-19(2)34(27)17-29(30,31)18-35/h5-12,19,22,27-28,32,35-36H,3-4,13-18H2,1-2H3/t19-,27-,28?/m1/s1. The topological polar surface area (TPSA) is 62.7 Å². The molecule has 0 bridgehead atoms. The number of para-hydroxylation sites is 1. The Bertz CT molecular complexity index is 1170. The molecule has 0 radical (unpaired) electrons. The van der Waals surface area contributed by atoms with Crippen molar-refractivity contribution in [2.24, 2.45) is 5.92 Å². The van der Waals surface area contributed by atoms with Crippen molar-refractivity contribution in [3.05, 3.63) is 70.9 Å². The van der Waals surface area contributed by atoms with Gasteiger partial charge in [0.15, 0.2) is 0 Å². The molecule has 0 spiro atoms. The Morgan fingerprint density at radius 1 is 1.11 bits per heavy atom. The lowest BCUT2D eigenvalue weighted by Crippen LogP contribution is -2.49. The number of unbranched alkanes of at least 4 members (excludes halogenated alkanes) is 1. The van der Waals surface area contributed by atoms with Gasteiger partial charge in [0.2, 0.25) is 0 Å². The van der Waals surface area contributed by atoms with Crippen molar-refractivity contribution in [1.29, 1.82) is 0 Å². The normalized spacial score (nSPS) is 22.5. The molecule has 2 aliphatic heterocycles. The van der Waals surface area contributed by atoms with Crippen LogP contribution in [-0.2, 0) is 6.42 Å². The summed E-state index contributed by atoms with van der Waals surface area (Å²) in [5.41, 5.74) is 4.86. The first kappa shape index (κ1) is 25.3. The predicted octanol–water partition coefficient (Wildman–Crippen LogP) is 4.90. The minimum Gasteiger partial charge on any atom is -0.390 e. The third kappa shape index (κ3) is 4.82. The lowest BCUT2D eigenvalue weighted by Gasteiger charge is -2.43. The van der Waals surface area contributed by atoms with E-state index in [-0.39, 0.29) is 12.0 Å². The Hall–Kier alpha value is -2.32. The Morgan fingerprint density at radius 3 is 2.53 bits per heavy atom. The van der Waals surface area contributed by atoms with Gasteiger partial charge in [-0.2, -0.15) is 0 Å². The summed E-state index contributed by atoms with van der Waals surface area (Å²) in [6.45, 7) is 5.36. The summed E-state index contributed by atoms with van der Waals surface area (Å²) in [7, 11) is 0. The van der Waals surface area contributed by atoms with Gasteiger partial charge in [-0.05, 0) is 49.1 Å². The molecule has 5 rings (SSSR count). The largest absolute Gasteiger partial charge is 0.390 e. The molecule has 1 aromatic heterocycles. The molecule has 5 nitrogen and oxygen atoms in total. The van der Waals surface area contributed by atoms with E-state index in [2.05, 4.69) is 22.9 Å². The van der Waals surface area contributed by atoms with Crippen LogP contribution in [0, 0.1) is 5.92 Å². The van der Waals surface area contributed by atoms with Crippen LogP contribution in [0.4, 0.5) is 8.78 Å². The number of aromatic nitrogens is 1. The van der Waals surface area contributed by atoms with E-state index in [9.17, 15) is 19.0 Å². The van der Waals surface area contributed by atoms with Gasteiger partial charge in [0.05, 0.1) is 18.7 Å². The van der Waals surface area contributed by atoms with Crippen molar-refractivity contribution >= 4 is 10.9 Å². The zero-order valence-electron chi connectivity index (χ0n) is 21.1. The number of likely N-dealkylation sites (tertiary alicyclic amines) is 1. The quantitative estimate of drug-likeness (QED) is 0.394.